The van der Waals surface area contributed by atoms with E-state index in [-0.39, 0.29) is 5.41 Å². The average Bonchev–Trinajstić information content (AvgIpc) is 3.74. The molecule has 0 radical (unpaired) electrons. The SMILES string of the molecule is C/C=C\C=C\c1nc(C2=CC=CC=CC2)cc(-n2c3c(c4cc(-c5ccc6c(c5)C(C)(C)c5ccccc5N6c5ccccc5)ccc42)/C=C\CCc2nc(-c4ccccc4)sc2-3)n1. The monoisotopic (exact) mass is 845 g/mol. The number of nitrogens with zero attached hydrogens (tertiary/aromatic N) is 5. The fourth-order valence-electron chi connectivity index (χ4n) is 9.52. The molecule has 5 aromatic carbocycles. The van der Waals surface area contributed by atoms with Crippen LogP contribution in [0.4, 0.5) is 17.1 Å². The lowest BCUT2D eigenvalue weighted by Gasteiger charge is -2.42. The first-order valence-electron chi connectivity index (χ1n) is 22.2. The Morgan fingerprint density at radius 2 is 1.47 bits per heavy atom. The predicted molar refractivity (Wildman–Crippen MR) is 270 cm³/mol. The lowest BCUT2D eigenvalue weighted by molar-refractivity contribution is 0.632. The van der Waals surface area contributed by atoms with Crippen LogP contribution in [0.5, 0.6) is 0 Å². The molecule has 4 heterocycles. The van der Waals surface area contributed by atoms with Crippen molar-refractivity contribution in [2.24, 2.45) is 0 Å². The number of hydrogen-bond donors (Lipinski definition) is 0. The molecule has 0 spiro atoms. The van der Waals surface area contributed by atoms with Gasteiger partial charge < -0.3 is 4.90 Å². The van der Waals surface area contributed by atoms with E-state index >= 15 is 0 Å². The van der Waals surface area contributed by atoms with Crippen LogP contribution in [-0.2, 0) is 11.8 Å². The van der Waals surface area contributed by atoms with E-state index in [1.165, 1.54) is 49.5 Å². The molecule has 2 aliphatic carbocycles. The normalized spacial score (nSPS) is 15.6. The molecule has 1 aliphatic heterocycles. The lowest BCUT2D eigenvalue weighted by atomic mass is 9.73. The Balaban J connectivity index is 1.14. The Morgan fingerprint density at radius 3 is 2.33 bits per heavy atom. The number of allylic oxidation sites excluding steroid dienone is 10. The largest absolute Gasteiger partial charge is 0.310 e. The molecule has 310 valence electrons. The number of thiazole rings is 1. The van der Waals surface area contributed by atoms with Crippen molar-refractivity contribution in [1.29, 1.82) is 0 Å². The van der Waals surface area contributed by atoms with E-state index in [1.54, 1.807) is 11.3 Å². The van der Waals surface area contributed by atoms with Crippen molar-refractivity contribution >= 4 is 57.0 Å². The quantitative estimate of drug-likeness (QED) is 0.150. The van der Waals surface area contributed by atoms with Crippen molar-refractivity contribution in [1.82, 2.24) is 19.5 Å². The maximum Gasteiger partial charge on any atom is 0.154 e. The van der Waals surface area contributed by atoms with Gasteiger partial charge in [0.15, 0.2) is 5.82 Å². The zero-order valence-corrected chi connectivity index (χ0v) is 37.1. The van der Waals surface area contributed by atoms with Crippen LogP contribution >= 0.6 is 11.3 Å². The van der Waals surface area contributed by atoms with Crippen LogP contribution in [0, 0.1) is 0 Å². The number of anilines is 3. The minimum absolute atomic E-state index is 0.222. The topological polar surface area (TPSA) is 46.8 Å². The van der Waals surface area contributed by atoms with E-state index < -0.39 is 0 Å². The third kappa shape index (κ3) is 6.91. The van der Waals surface area contributed by atoms with Gasteiger partial charge in [-0.05, 0) is 103 Å². The van der Waals surface area contributed by atoms with Crippen molar-refractivity contribution in [2.45, 2.75) is 45.4 Å². The van der Waals surface area contributed by atoms with Crippen LogP contribution in [0.3, 0.4) is 0 Å². The van der Waals surface area contributed by atoms with Crippen LogP contribution in [0.1, 0.15) is 67.5 Å². The molecule has 64 heavy (non-hydrogen) atoms. The summed E-state index contributed by atoms with van der Waals surface area (Å²) in [6.45, 7) is 6.74. The highest BCUT2D eigenvalue weighted by Gasteiger charge is 2.37. The standard InChI is InChI=1S/C58H47N5S/c1-4-5-10-31-53-59-49(39-21-11-6-7-12-22-39)38-54(61-53)63-50-34-32-41(36-45(50)44-27-17-19-29-48-56(55(44)63)64-57(60-48)40-23-13-8-14-24-40)42-33-35-52-47(37-42)58(2,3)46-28-18-20-30-51(46)62(52)43-25-15-9-16-26-43/h4-18,20-21,23-28,30-38H,19,22,29H2,1-3H3/b5-4-,27-17-,31-10+. The number of para-hydroxylation sites is 2. The van der Waals surface area contributed by atoms with Crippen LogP contribution in [0.15, 0.2) is 182 Å². The summed E-state index contributed by atoms with van der Waals surface area (Å²) in [5, 5.41) is 2.20. The highest BCUT2D eigenvalue weighted by atomic mass is 32.1. The summed E-state index contributed by atoms with van der Waals surface area (Å²) in [7, 11) is 0. The van der Waals surface area contributed by atoms with Crippen LogP contribution < -0.4 is 4.90 Å². The average molecular weight is 846 g/mol. The Morgan fingerprint density at radius 1 is 0.688 bits per heavy atom. The molecule has 0 unspecified atom stereocenters. The maximum absolute atomic E-state index is 5.35. The molecular formula is C58H47N5S. The van der Waals surface area contributed by atoms with Gasteiger partial charge in [-0.25, -0.2) is 15.0 Å². The number of rotatable bonds is 7. The first kappa shape index (κ1) is 39.4. The van der Waals surface area contributed by atoms with Gasteiger partial charge in [0.05, 0.1) is 38.9 Å². The third-order valence-electron chi connectivity index (χ3n) is 12.7. The molecule has 0 saturated carbocycles. The molecule has 0 bridgehead atoms. The predicted octanol–water partition coefficient (Wildman–Crippen LogP) is 15.4. The Kier molecular flexibility index (Phi) is 10.1. The second-order valence-electron chi connectivity index (χ2n) is 17.0. The summed E-state index contributed by atoms with van der Waals surface area (Å²) in [6.07, 6.45) is 25.9. The minimum Gasteiger partial charge on any atom is -0.310 e. The van der Waals surface area contributed by atoms with Gasteiger partial charge >= 0.3 is 0 Å². The van der Waals surface area contributed by atoms with E-state index in [2.05, 4.69) is 193 Å². The molecule has 3 aromatic heterocycles. The zero-order chi connectivity index (χ0) is 43.2. The van der Waals surface area contributed by atoms with Crippen LogP contribution in [0.2, 0.25) is 0 Å². The van der Waals surface area contributed by atoms with Crippen LogP contribution in [-0.4, -0.2) is 19.5 Å². The number of aromatic nitrogens is 4. The second-order valence-corrected chi connectivity index (χ2v) is 18.0. The number of aryl methyl sites for hydroxylation is 1. The summed E-state index contributed by atoms with van der Waals surface area (Å²) in [6, 6.07) is 46.4. The van der Waals surface area contributed by atoms with Gasteiger partial charge in [-0.3, -0.25) is 4.57 Å². The second kappa shape index (κ2) is 16.4. The van der Waals surface area contributed by atoms with E-state index in [4.69, 9.17) is 15.0 Å². The van der Waals surface area contributed by atoms with E-state index in [0.717, 1.165) is 69.5 Å². The molecule has 0 saturated heterocycles. The maximum atomic E-state index is 5.35. The molecule has 8 aromatic rings. The highest BCUT2D eigenvalue weighted by molar-refractivity contribution is 7.18. The molecular weight excluding hydrogens is 799 g/mol. The van der Waals surface area contributed by atoms with Gasteiger partial charge in [0.2, 0.25) is 0 Å². The first-order chi connectivity index (χ1) is 31.5. The smallest absolute Gasteiger partial charge is 0.154 e. The van der Waals surface area contributed by atoms with E-state index in [9.17, 15) is 0 Å². The van der Waals surface area contributed by atoms with Gasteiger partial charge in [-0.2, -0.15) is 0 Å². The molecule has 0 fully saturated rings. The molecule has 3 aliphatic rings. The van der Waals surface area contributed by atoms with E-state index in [1.807, 2.05) is 31.2 Å². The van der Waals surface area contributed by atoms with Gasteiger partial charge in [-0.1, -0.05) is 153 Å². The molecule has 0 amide bonds. The molecule has 0 atom stereocenters. The first-order valence-corrected chi connectivity index (χ1v) is 23.0. The molecule has 5 nitrogen and oxygen atoms in total. The van der Waals surface area contributed by atoms with Crippen molar-refractivity contribution in [3.05, 3.63) is 216 Å². The van der Waals surface area contributed by atoms with Gasteiger partial charge in [0, 0.05) is 33.7 Å². The van der Waals surface area contributed by atoms with Gasteiger partial charge in [-0.15, -0.1) is 11.3 Å². The lowest BCUT2D eigenvalue weighted by Crippen LogP contribution is -2.30. The zero-order valence-electron chi connectivity index (χ0n) is 36.2. The number of hydrogen-bond acceptors (Lipinski definition) is 5. The molecule has 6 heteroatoms. The molecule has 11 rings (SSSR count). The highest BCUT2D eigenvalue weighted by Crippen LogP contribution is 2.53. The number of fused-ring (bicyclic) bond motifs is 7. The Hall–Kier alpha value is -7.41. The van der Waals surface area contributed by atoms with Crippen molar-refractivity contribution in [3.8, 4) is 38.1 Å². The van der Waals surface area contributed by atoms with Crippen molar-refractivity contribution in [2.75, 3.05) is 4.90 Å². The minimum atomic E-state index is -0.222. The summed E-state index contributed by atoms with van der Waals surface area (Å²) in [4.78, 5) is 19.4. The number of benzene rings is 5. The summed E-state index contributed by atoms with van der Waals surface area (Å²) in [5.74, 6) is 1.49. The summed E-state index contributed by atoms with van der Waals surface area (Å²) < 4.78 is 2.38. The van der Waals surface area contributed by atoms with Gasteiger partial charge in [0.25, 0.3) is 0 Å². The Bertz CT molecular complexity index is 3280. The molecule has 0 N–H and O–H groups in total. The fraction of sp³-hybridized carbons (Fsp3) is 0.121. The Labute approximate surface area is 379 Å². The third-order valence-corrected chi connectivity index (χ3v) is 13.8. The fourth-order valence-corrected chi connectivity index (χ4v) is 10.7. The van der Waals surface area contributed by atoms with Crippen molar-refractivity contribution in [3.63, 3.8) is 0 Å². The summed E-state index contributed by atoms with van der Waals surface area (Å²) in [5.41, 5.74) is 16.0. The summed E-state index contributed by atoms with van der Waals surface area (Å²) >= 11 is 1.78. The van der Waals surface area contributed by atoms with E-state index in [0.29, 0.717) is 5.82 Å². The van der Waals surface area contributed by atoms with Crippen molar-refractivity contribution < 1.29 is 0 Å². The van der Waals surface area contributed by atoms with Crippen LogP contribution in [0.25, 0.3) is 66.7 Å². The van der Waals surface area contributed by atoms with Gasteiger partial charge in [0.1, 0.15) is 10.8 Å².